The third-order valence-corrected chi connectivity index (χ3v) is 2.08. The normalized spacial score (nSPS) is 13.7. The molecule has 1 aromatic rings. The van der Waals surface area contributed by atoms with Crippen LogP contribution in [-0.2, 0) is 0 Å². The second-order valence-electron chi connectivity index (χ2n) is 3.70. The molecule has 1 heterocycles. The zero-order valence-corrected chi connectivity index (χ0v) is 7.88. The Labute approximate surface area is 74.2 Å². The van der Waals surface area contributed by atoms with Crippen molar-refractivity contribution in [2.24, 2.45) is 11.7 Å². The van der Waals surface area contributed by atoms with Gasteiger partial charge in [0.05, 0.1) is 0 Å². The summed E-state index contributed by atoms with van der Waals surface area (Å²) in [5.41, 5.74) is 7.11. The van der Waals surface area contributed by atoms with Crippen molar-refractivity contribution in [2.75, 3.05) is 0 Å². The second kappa shape index (κ2) is 4.31. The smallest absolute Gasteiger partial charge is 0.0447 e. The van der Waals surface area contributed by atoms with Crippen LogP contribution in [0.5, 0.6) is 0 Å². The summed E-state index contributed by atoms with van der Waals surface area (Å²) in [6.07, 6.45) is 4.18. The lowest BCUT2D eigenvalue weighted by molar-refractivity contribution is 0.502. The maximum absolute atomic E-state index is 5.96. The highest BCUT2D eigenvalue weighted by Crippen LogP contribution is 2.16. The molecule has 1 atom stereocenters. The van der Waals surface area contributed by atoms with Crippen molar-refractivity contribution < 1.29 is 0 Å². The predicted octanol–water partition coefficient (Wildman–Crippen LogP) is 2.45. The Morgan fingerprint density at radius 1 is 1.42 bits per heavy atom. The summed E-state index contributed by atoms with van der Waals surface area (Å²) < 4.78 is 0. The van der Waals surface area contributed by atoms with Gasteiger partial charge in [0.2, 0.25) is 0 Å². The summed E-state index contributed by atoms with van der Waals surface area (Å²) in [5.74, 6) is 0.742. The third kappa shape index (κ3) is 2.70. The van der Waals surface area contributed by atoms with E-state index < -0.39 is 0 Å². The molecule has 1 aromatic heterocycles. The molecule has 0 fully saturated rings. The lowest BCUT2D eigenvalue weighted by Gasteiger charge is -2.11. The van der Waals surface area contributed by atoms with Gasteiger partial charge in [0, 0.05) is 17.9 Å². The van der Waals surface area contributed by atoms with Crippen LogP contribution in [0.25, 0.3) is 0 Å². The lowest BCUT2D eigenvalue weighted by Crippen LogP contribution is -2.11. The minimum Gasteiger partial charge on any atom is -0.364 e. The van der Waals surface area contributed by atoms with Gasteiger partial charge < -0.3 is 10.7 Å². The SMILES string of the molecule is CC(C)CC[C@@H](N)c1ccc[nH]1. The fourth-order valence-corrected chi connectivity index (χ4v) is 1.24. The zero-order chi connectivity index (χ0) is 8.97. The van der Waals surface area contributed by atoms with E-state index in [1.54, 1.807) is 0 Å². The fraction of sp³-hybridized carbons (Fsp3) is 0.600. The van der Waals surface area contributed by atoms with Crippen molar-refractivity contribution in [3.05, 3.63) is 24.0 Å². The van der Waals surface area contributed by atoms with Gasteiger partial charge in [0.25, 0.3) is 0 Å². The zero-order valence-electron chi connectivity index (χ0n) is 7.88. The Bertz CT molecular complexity index is 202. The minimum absolute atomic E-state index is 0.183. The molecule has 68 valence electrons. The highest BCUT2D eigenvalue weighted by atomic mass is 14.8. The highest BCUT2D eigenvalue weighted by molar-refractivity contribution is 5.08. The molecule has 12 heavy (non-hydrogen) atoms. The summed E-state index contributed by atoms with van der Waals surface area (Å²) in [7, 11) is 0. The first-order valence-corrected chi connectivity index (χ1v) is 4.59. The average Bonchev–Trinajstić information content (AvgIpc) is 2.51. The van der Waals surface area contributed by atoms with Crippen molar-refractivity contribution in [3.8, 4) is 0 Å². The minimum atomic E-state index is 0.183. The number of hydrogen-bond acceptors (Lipinski definition) is 1. The summed E-state index contributed by atoms with van der Waals surface area (Å²) >= 11 is 0. The number of nitrogens with one attached hydrogen (secondary N) is 1. The van der Waals surface area contributed by atoms with Gasteiger partial charge in [-0.25, -0.2) is 0 Å². The molecule has 0 aromatic carbocycles. The lowest BCUT2D eigenvalue weighted by atomic mass is 10.0. The van der Waals surface area contributed by atoms with Crippen molar-refractivity contribution in [2.45, 2.75) is 32.7 Å². The number of aromatic amines is 1. The van der Waals surface area contributed by atoms with Crippen LogP contribution in [-0.4, -0.2) is 4.98 Å². The van der Waals surface area contributed by atoms with Gasteiger partial charge in [-0.15, -0.1) is 0 Å². The maximum atomic E-state index is 5.96. The van der Waals surface area contributed by atoms with Crippen LogP contribution in [0.1, 0.15) is 38.4 Å². The topological polar surface area (TPSA) is 41.8 Å². The van der Waals surface area contributed by atoms with Gasteiger partial charge in [-0.2, -0.15) is 0 Å². The summed E-state index contributed by atoms with van der Waals surface area (Å²) in [6, 6.07) is 4.22. The van der Waals surface area contributed by atoms with Crippen molar-refractivity contribution in [1.29, 1.82) is 0 Å². The van der Waals surface area contributed by atoms with Crippen LogP contribution < -0.4 is 5.73 Å². The molecule has 0 saturated heterocycles. The predicted molar refractivity (Wildman–Crippen MR) is 51.8 cm³/mol. The van der Waals surface area contributed by atoms with Gasteiger partial charge in [-0.3, -0.25) is 0 Å². The standard InChI is InChI=1S/C10H18N2/c1-8(2)5-6-9(11)10-4-3-7-12-10/h3-4,7-9,12H,5-6,11H2,1-2H3/t9-/m1/s1. The van der Waals surface area contributed by atoms with Crippen LogP contribution in [0.15, 0.2) is 18.3 Å². The van der Waals surface area contributed by atoms with E-state index in [9.17, 15) is 0 Å². The Balaban J connectivity index is 2.34. The van der Waals surface area contributed by atoms with Crippen LogP contribution in [0, 0.1) is 5.92 Å². The monoisotopic (exact) mass is 166 g/mol. The van der Waals surface area contributed by atoms with E-state index in [1.165, 1.54) is 6.42 Å². The molecular formula is C10H18N2. The van der Waals surface area contributed by atoms with Crippen LogP contribution in [0.2, 0.25) is 0 Å². The van der Waals surface area contributed by atoms with Crippen LogP contribution in [0.3, 0.4) is 0 Å². The van der Waals surface area contributed by atoms with E-state index in [0.29, 0.717) is 0 Å². The molecule has 0 unspecified atom stereocenters. The summed E-state index contributed by atoms with van der Waals surface area (Å²) in [6.45, 7) is 4.45. The van der Waals surface area contributed by atoms with E-state index in [4.69, 9.17) is 5.73 Å². The third-order valence-electron chi connectivity index (χ3n) is 2.08. The largest absolute Gasteiger partial charge is 0.364 e. The molecule has 0 aliphatic carbocycles. The molecule has 0 aliphatic heterocycles. The molecule has 2 heteroatoms. The van der Waals surface area contributed by atoms with Gasteiger partial charge >= 0.3 is 0 Å². The molecule has 0 bridgehead atoms. The van der Waals surface area contributed by atoms with Crippen LogP contribution >= 0.6 is 0 Å². The Morgan fingerprint density at radius 2 is 2.17 bits per heavy atom. The highest BCUT2D eigenvalue weighted by Gasteiger charge is 2.06. The van der Waals surface area contributed by atoms with Gasteiger partial charge in [0.15, 0.2) is 0 Å². The molecule has 0 amide bonds. The summed E-state index contributed by atoms with van der Waals surface area (Å²) in [5, 5.41) is 0. The van der Waals surface area contributed by atoms with Crippen molar-refractivity contribution in [1.82, 2.24) is 4.98 Å². The first-order chi connectivity index (χ1) is 5.70. The van der Waals surface area contributed by atoms with Crippen molar-refractivity contribution in [3.63, 3.8) is 0 Å². The molecule has 0 saturated carbocycles. The average molecular weight is 166 g/mol. The number of aromatic nitrogens is 1. The van der Waals surface area contributed by atoms with E-state index in [0.717, 1.165) is 18.0 Å². The maximum Gasteiger partial charge on any atom is 0.0447 e. The molecule has 1 rings (SSSR count). The molecular weight excluding hydrogens is 148 g/mol. The quantitative estimate of drug-likeness (QED) is 0.708. The molecule has 0 radical (unpaired) electrons. The first-order valence-electron chi connectivity index (χ1n) is 4.59. The van der Waals surface area contributed by atoms with E-state index in [-0.39, 0.29) is 6.04 Å². The molecule has 3 N–H and O–H groups in total. The van der Waals surface area contributed by atoms with E-state index in [1.807, 2.05) is 18.3 Å². The van der Waals surface area contributed by atoms with Gasteiger partial charge in [0.1, 0.15) is 0 Å². The first kappa shape index (κ1) is 9.33. The molecule has 0 spiro atoms. The van der Waals surface area contributed by atoms with E-state index >= 15 is 0 Å². The number of nitrogens with two attached hydrogens (primary N) is 1. The number of H-pyrrole nitrogens is 1. The van der Waals surface area contributed by atoms with Crippen molar-refractivity contribution >= 4 is 0 Å². The molecule has 0 aliphatic rings. The second-order valence-corrected chi connectivity index (χ2v) is 3.70. The van der Waals surface area contributed by atoms with Crippen LogP contribution in [0.4, 0.5) is 0 Å². The summed E-state index contributed by atoms with van der Waals surface area (Å²) in [4.78, 5) is 3.14. The van der Waals surface area contributed by atoms with Gasteiger partial charge in [-0.1, -0.05) is 13.8 Å². The molecule has 2 nitrogen and oxygen atoms in total. The number of rotatable bonds is 4. The Morgan fingerprint density at radius 3 is 2.67 bits per heavy atom. The fourth-order valence-electron chi connectivity index (χ4n) is 1.24. The van der Waals surface area contributed by atoms with Gasteiger partial charge in [-0.05, 0) is 30.9 Å². The Kier molecular flexibility index (Phi) is 3.35. The van der Waals surface area contributed by atoms with E-state index in [2.05, 4.69) is 18.8 Å². The number of hydrogen-bond donors (Lipinski definition) is 2. The Hall–Kier alpha value is -0.760.